The van der Waals surface area contributed by atoms with Crippen molar-refractivity contribution in [3.05, 3.63) is 16.1 Å². The highest BCUT2D eigenvalue weighted by atomic mass is 32.1. The monoisotopic (exact) mass is 253 g/mol. The third-order valence-electron chi connectivity index (χ3n) is 3.55. The maximum atomic E-state index is 4.54. The fourth-order valence-corrected chi connectivity index (χ4v) is 3.10. The van der Waals surface area contributed by atoms with Crippen molar-refractivity contribution in [3.8, 4) is 0 Å². The van der Waals surface area contributed by atoms with Gasteiger partial charge in [-0.25, -0.2) is 4.98 Å². The summed E-state index contributed by atoms with van der Waals surface area (Å²) in [4.78, 5) is 7.13. The first-order chi connectivity index (χ1) is 8.19. The lowest BCUT2D eigenvalue weighted by Gasteiger charge is -2.38. The van der Waals surface area contributed by atoms with Crippen LogP contribution in [0.4, 0.5) is 0 Å². The molecule has 2 heterocycles. The Morgan fingerprint density at radius 1 is 1.59 bits per heavy atom. The second-order valence-corrected chi connectivity index (χ2v) is 5.93. The molecule has 1 aliphatic heterocycles. The van der Waals surface area contributed by atoms with Crippen molar-refractivity contribution >= 4 is 11.3 Å². The van der Waals surface area contributed by atoms with Crippen molar-refractivity contribution in [2.45, 2.75) is 45.7 Å². The molecular weight excluding hydrogens is 230 g/mol. The summed E-state index contributed by atoms with van der Waals surface area (Å²) in [5.41, 5.74) is 1.16. The van der Waals surface area contributed by atoms with Crippen molar-refractivity contribution in [1.29, 1.82) is 0 Å². The molecule has 0 saturated carbocycles. The number of aromatic nitrogens is 1. The molecule has 0 spiro atoms. The van der Waals surface area contributed by atoms with Gasteiger partial charge in [0.25, 0.3) is 0 Å². The van der Waals surface area contributed by atoms with E-state index in [1.165, 1.54) is 18.0 Å². The van der Waals surface area contributed by atoms with Gasteiger partial charge in [-0.05, 0) is 20.3 Å². The second-order valence-electron chi connectivity index (χ2n) is 4.99. The first kappa shape index (κ1) is 13.0. The summed E-state index contributed by atoms with van der Waals surface area (Å²) in [6.45, 7) is 10.1. The molecule has 17 heavy (non-hydrogen) atoms. The number of aryl methyl sites for hydroxylation is 1. The van der Waals surface area contributed by atoms with Crippen molar-refractivity contribution in [3.63, 3.8) is 0 Å². The predicted molar refractivity (Wildman–Crippen MR) is 73.7 cm³/mol. The van der Waals surface area contributed by atoms with Crippen LogP contribution < -0.4 is 5.32 Å². The van der Waals surface area contributed by atoms with E-state index < -0.39 is 0 Å². The summed E-state index contributed by atoms with van der Waals surface area (Å²) in [6.07, 6.45) is 2.32. The quantitative estimate of drug-likeness (QED) is 0.890. The Kier molecular flexibility index (Phi) is 4.54. The lowest BCUT2D eigenvalue weighted by Crippen LogP contribution is -2.55. The van der Waals surface area contributed by atoms with E-state index in [2.05, 4.69) is 41.4 Å². The van der Waals surface area contributed by atoms with E-state index in [1.807, 2.05) is 0 Å². The number of piperazine rings is 1. The van der Waals surface area contributed by atoms with Gasteiger partial charge < -0.3 is 5.32 Å². The van der Waals surface area contributed by atoms with Crippen LogP contribution in [0.2, 0.25) is 0 Å². The first-order valence-corrected chi connectivity index (χ1v) is 7.45. The van der Waals surface area contributed by atoms with Crippen LogP contribution in [0.25, 0.3) is 0 Å². The van der Waals surface area contributed by atoms with Gasteiger partial charge in [-0.3, -0.25) is 4.90 Å². The fraction of sp³-hybridized carbons (Fsp3) is 0.769. The molecule has 1 saturated heterocycles. The van der Waals surface area contributed by atoms with Crippen LogP contribution in [0, 0.1) is 6.92 Å². The molecule has 0 aliphatic carbocycles. The Morgan fingerprint density at radius 2 is 2.41 bits per heavy atom. The molecule has 1 aromatic rings. The number of hydrogen-bond donors (Lipinski definition) is 1. The molecule has 0 aromatic carbocycles. The van der Waals surface area contributed by atoms with Gasteiger partial charge in [0, 0.05) is 49.2 Å². The van der Waals surface area contributed by atoms with Gasteiger partial charge >= 0.3 is 0 Å². The normalized spacial score (nSPS) is 26.3. The average molecular weight is 253 g/mol. The van der Waals surface area contributed by atoms with Crippen LogP contribution in [-0.2, 0) is 6.42 Å². The lowest BCUT2D eigenvalue weighted by molar-refractivity contribution is 0.141. The Morgan fingerprint density at radius 3 is 3.06 bits per heavy atom. The summed E-state index contributed by atoms with van der Waals surface area (Å²) in [7, 11) is 0. The van der Waals surface area contributed by atoms with Crippen molar-refractivity contribution in [2.24, 2.45) is 0 Å². The molecule has 0 bridgehead atoms. The molecule has 96 valence electrons. The van der Waals surface area contributed by atoms with Crippen LogP contribution in [0.15, 0.2) is 5.38 Å². The molecule has 1 aliphatic rings. The number of rotatable bonds is 4. The summed E-state index contributed by atoms with van der Waals surface area (Å²) >= 11 is 1.79. The van der Waals surface area contributed by atoms with Crippen LogP contribution in [0.5, 0.6) is 0 Å². The minimum absolute atomic E-state index is 0.652. The van der Waals surface area contributed by atoms with Crippen molar-refractivity contribution in [1.82, 2.24) is 15.2 Å². The number of nitrogens with one attached hydrogen (secondary N) is 1. The molecule has 4 heteroatoms. The predicted octanol–water partition coefficient (Wildman–Crippen LogP) is 2.07. The summed E-state index contributed by atoms with van der Waals surface area (Å²) in [6, 6.07) is 1.32. The SMILES string of the molecule is CCC1CN(CCc2nc(C)cs2)C(C)CN1. The van der Waals surface area contributed by atoms with Gasteiger partial charge in [0.15, 0.2) is 0 Å². The van der Waals surface area contributed by atoms with Crippen LogP contribution in [-0.4, -0.2) is 41.6 Å². The van der Waals surface area contributed by atoms with Crippen LogP contribution in [0.1, 0.15) is 31.0 Å². The second kappa shape index (κ2) is 5.94. The third kappa shape index (κ3) is 3.50. The van der Waals surface area contributed by atoms with Crippen molar-refractivity contribution in [2.75, 3.05) is 19.6 Å². The van der Waals surface area contributed by atoms with E-state index in [0.29, 0.717) is 12.1 Å². The molecule has 2 atom stereocenters. The molecule has 2 unspecified atom stereocenters. The largest absolute Gasteiger partial charge is 0.311 e. The van der Waals surface area contributed by atoms with Gasteiger partial charge in [-0.2, -0.15) is 0 Å². The maximum absolute atomic E-state index is 4.54. The molecule has 3 nitrogen and oxygen atoms in total. The Bertz CT molecular complexity index is 350. The zero-order valence-corrected chi connectivity index (χ0v) is 11.9. The molecule has 1 aromatic heterocycles. The van der Waals surface area contributed by atoms with E-state index in [0.717, 1.165) is 25.2 Å². The van der Waals surface area contributed by atoms with Crippen molar-refractivity contribution < 1.29 is 0 Å². The van der Waals surface area contributed by atoms with Gasteiger partial charge in [0.2, 0.25) is 0 Å². The molecule has 0 amide bonds. The first-order valence-electron chi connectivity index (χ1n) is 6.57. The zero-order chi connectivity index (χ0) is 12.3. The van der Waals surface area contributed by atoms with E-state index >= 15 is 0 Å². The van der Waals surface area contributed by atoms with Gasteiger partial charge in [-0.1, -0.05) is 6.92 Å². The van der Waals surface area contributed by atoms with Gasteiger partial charge in [-0.15, -0.1) is 11.3 Å². The Balaban J connectivity index is 1.84. The Labute approximate surface area is 108 Å². The fourth-order valence-electron chi connectivity index (χ4n) is 2.34. The van der Waals surface area contributed by atoms with E-state index in [1.54, 1.807) is 11.3 Å². The maximum Gasteiger partial charge on any atom is 0.0940 e. The zero-order valence-electron chi connectivity index (χ0n) is 11.1. The van der Waals surface area contributed by atoms with Gasteiger partial charge in [0.05, 0.1) is 5.01 Å². The number of thiazole rings is 1. The standard InChI is InChI=1S/C13H23N3S/c1-4-12-8-16(11(3)7-14-12)6-5-13-15-10(2)9-17-13/h9,11-12,14H,4-8H2,1-3H3. The molecular formula is C13H23N3S. The van der Waals surface area contributed by atoms with E-state index in [9.17, 15) is 0 Å². The van der Waals surface area contributed by atoms with E-state index in [4.69, 9.17) is 0 Å². The van der Waals surface area contributed by atoms with Crippen LogP contribution in [0.3, 0.4) is 0 Å². The topological polar surface area (TPSA) is 28.2 Å². The highest BCUT2D eigenvalue weighted by Crippen LogP contribution is 2.13. The summed E-state index contributed by atoms with van der Waals surface area (Å²) in [5.74, 6) is 0. The Hall–Kier alpha value is -0.450. The number of nitrogens with zero attached hydrogens (tertiary/aromatic N) is 2. The lowest BCUT2D eigenvalue weighted by atomic mass is 10.1. The highest BCUT2D eigenvalue weighted by Gasteiger charge is 2.23. The molecule has 0 radical (unpaired) electrons. The minimum atomic E-state index is 0.652. The number of hydrogen-bond acceptors (Lipinski definition) is 4. The average Bonchev–Trinajstić information content (AvgIpc) is 2.74. The summed E-state index contributed by atoms with van der Waals surface area (Å²) in [5, 5.41) is 7.02. The van der Waals surface area contributed by atoms with Crippen LogP contribution >= 0.6 is 11.3 Å². The highest BCUT2D eigenvalue weighted by molar-refractivity contribution is 7.09. The summed E-state index contributed by atoms with van der Waals surface area (Å²) < 4.78 is 0. The third-order valence-corrected chi connectivity index (χ3v) is 4.58. The van der Waals surface area contributed by atoms with Gasteiger partial charge in [0.1, 0.15) is 0 Å². The minimum Gasteiger partial charge on any atom is -0.311 e. The molecule has 1 fully saturated rings. The smallest absolute Gasteiger partial charge is 0.0940 e. The van der Waals surface area contributed by atoms with E-state index in [-0.39, 0.29) is 0 Å². The molecule has 1 N–H and O–H groups in total. The molecule has 2 rings (SSSR count).